The van der Waals surface area contributed by atoms with E-state index >= 15 is 0 Å². The van der Waals surface area contributed by atoms with Gasteiger partial charge in [-0.05, 0) is 44.0 Å². The van der Waals surface area contributed by atoms with Gasteiger partial charge in [0.2, 0.25) is 15.8 Å². The topological polar surface area (TPSA) is 103 Å². The van der Waals surface area contributed by atoms with Gasteiger partial charge in [-0.2, -0.15) is 4.31 Å². The summed E-state index contributed by atoms with van der Waals surface area (Å²) in [6, 6.07) is 5.57. The van der Waals surface area contributed by atoms with E-state index in [1.807, 2.05) is 0 Å². The van der Waals surface area contributed by atoms with Gasteiger partial charge in [0.05, 0.1) is 17.7 Å². The molecular formula is C21H24ClNO7S. The third-order valence-corrected chi connectivity index (χ3v) is 7.42. The van der Waals surface area contributed by atoms with Gasteiger partial charge in [-0.25, -0.2) is 18.0 Å². The van der Waals surface area contributed by atoms with Gasteiger partial charge in [0.1, 0.15) is 17.3 Å². The van der Waals surface area contributed by atoms with Crippen molar-refractivity contribution in [3.05, 3.63) is 51.9 Å². The maximum absolute atomic E-state index is 13.1. The van der Waals surface area contributed by atoms with Gasteiger partial charge in [0.15, 0.2) is 0 Å². The van der Waals surface area contributed by atoms with E-state index in [9.17, 15) is 18.0 Å². The molecule has 0 unspecified atom stereocenters. The fraction of sp³-hybridized carbons (Fsp3) is 0.429. The van der Waals surface area contributed by atoms with Crippen molar-refractivity contribution in [2.24, 2.45) is 0 Å². The second kappa shape index (κ2) is 9.84. The van der Waals surface area contributed by atoms with Crippen LogP contribution < -0.4 is 0 Å². The lowest BCUT2D eigenvalue weighted by molar-refractivity contribution is 0.0438. The van der Waals surface area contributed by atoms with Crippen LogP contribution in [0.2, 0.25) is 5.02 Å². The predicted molar refractivity (Wildman–Crippen MR) is 113 cm³/mol. The van der Waals surface area contributed by atoms with E-state index in [2.05, 4.69) is 4.74 Å². The van der Waals surface area contributed by atoms with E-state index in [0.717, 1.165) is 25.7 Å². The minimum Gasteiger partial charge on any atom is -0.463 e. The Morgan fingerprint density at radius 1 is 1.10 bits per heavy atom. The maximum Gasteiger partial charge on any atom is 0.374 e. The zero-order chi connectivity index (χ0) is 22.6. The molecule has 1 aliphatic heterocycles. The van der Waals surface area contributed by atoms with E-state index in [0.29, 0.717) is 18.7 Å². The van der Waals surface area contributed by atoms with Crippen molar-refractivity contribution in [2.75, 3.05) is 20.2 Å². The summed E-state index contributed by atoms with van der Waals surface area (Å²) >= 11 is 6.17. The van der Waals surface area contributed by atoms with Crippen LogP contribution in [0.15, 0.2) is 33.6 Å². The zero-order valence-electron chi connectivity index (χ0n) is 17.4. The molecule has 168 valence electrons. The molecule has 2 aromatic rings. The third-order valence-electron chi connectivity index (χ3n) is 5.03. The number of esters is 2. The second-order valence-electron chi connectivity index (χ2n) is 7.26. The Bertz CT molecular complexity index is 1070. The molecule has 0 spiro atoms. The van der Waals surface area contributed by atoms with E-state index < -0.39 is 22.0 Å². The average molecular weight is 470 g/mol. The molecule has 0 aliphatic carbocycles. The molecule has 10 heteroatoms. The number of methoxy groups -OCH3 is 1. The molecule has 0 radical (unpaired) electrons. The normalized spacial score (nSPS) is 15.3. The van der Waals surface area contributed by atoms with Crippen molar-refractivity contribution >= 4 is 33.6 Å². The highest BCUT2D eigenvalue weighted by Crippen LogP contribution is 2.28. The van der Waals surface area contributed by atoms with Gasteiger partial charge < -0.3 is 13.9 Å². The summed E-state index contributed by atoms with van der Waals surface area (Å²) in [7, 11) is -2.59. The number of benzene rings is 1. The Morgan fingerprint density at radius 3 is 2.42 bits per heavy atom. The Balaban J connectivity index is 1.76. The molecule has 0 bridgehead atoms. The molecule has 0 amide bonds. The molecule has 1 aromatic heterocycles. The number of ether oxygens (including phenoxy) is 2. The van der Waals surface area contributed by atoms with Crippen LogP contribution in [0.3, 0.4) is 0 Å². The number of carbonyl (C=O) groups is 2. The summed E-state index contributed by atoms with van der Waals surface area (Å²) in [6.07, 6.45) is 3.54. The van der Waals surface area contributed by atoms with Crippen LogP contribution in [-0.2, 0) is 26.1 Å². The lowest BCUT2D eigenvalue weighted by Crippen LogP contribution is -2.32. The largest absolute Gasteiger partial charge is 0.463 e. The first-order chi connectivity index (χ1) is 14.7. The van der Waals surface area contributed by atoms with Crippen molar-refractivity contribution in [1.82, 2.24) is 4.31 Å². The smallest absolute Gasteiger partial charge is 0.374 e. The van der Waals surface area contributed by atoms with Gasteiger partial charge in [-0.1, -0.05) is 24.4 Å². The van der Waals surface area contributed by atoms with Crippen molar-refractivity contribution in [3.8, 4) is 0 Å². The van der Waals surface area contributed by atoms with E-state index in [1.54, 1.807) is 13.0 Å². The number of nitrogens with zero attached hydrogens (tertiary/aromatic N) is 1. The first-order valence-corrected chi connectivity index (χ1v) is 11.7. The number of hydrogen-bond acceptors (Lipinski definition) is 7. The number of halogens is 1. The molecule has 0 atom stereocenters. The first-order valence-electron chi connectivity index (χ1n) is 9.88. The van der Waals surface area contributed by atoms with Crippen LogP contribution in [0.4, 0.5) is 0 Å². The summed E-state index contributed by atoms with van der Waals surface area (Å²) in [5.41, 5.74) is 0.601. The summed E-state index contributed by atoms with van der Waals surface area (Å²) in [4.78, 5) is 24.0. The SMILES string of the molecule is COC(=O)c1oc(COC(=O)c2ccc(Cl)c(S(=O)(=O)N3CCCCCC3)c2)cc1C. The fourth-order valence-electron chi connectivity index (χ4n) is 3.38. The molecule has 0 saturated carbocycles. The summed E-state index contributed by atoms with van der Waals surface area (Å²) in [5.74, 6) is -1.07. The highest BCUT2D eigenvalue weighted by atomic mass is 35.5. The monoisotopic (exact) mass is 469 g/mol. The standard InChI is InChI=1S/C21H24ClNO7S/c1-14-11-16(30-19(14)21(25)28-2)13-29-20(24)15-7-8-17(22)18(12-15)31(26,27)23-9-5-3-4-6-10-23/h7-8,11-12H,3-6,9-10,13H2,1-2H3. The minimum absolute atomic E-state index is 0.0332. The van der Waals surface area contributed by atoms with Crippen LogP contribution in [0, 0.1) is 6.92 Å². The van der Waals surface area contributed by atoms with Gasteiger partial charge >= 0.3 is 11.9 Å². The summed E-state index contributed by atoms with van der Waals surface area (Å²) in [6.45, 7) is 2.29. The minimum atomic E-state index is -3.83. The molecule has 1 saturated heterocycles. The highest BCUT2D eigenvalue weighted by Gasteiger charge is 2.28. The Labute approximate surface area is 186 Å². The summed E-state index contributed by atoms with van der Waals surface area (Å²) in [5, 5.41) is 0.0465. The van der Waals surface area contributed by atoms with Crippen molar-refractivity contribution in [2.45, 2.75) is 44.1 Å². The van der Waals surface area contributed by atoms with Crippen LogP contribution in [0.1, 0.15) is 57.9 Å². The van der Waals surface area contributed by atoms with Crippen LogP contribution >= 0.6 is 11.6 Å². The lowest BCUT2D eigenvalue weighted by Gasteiger charge is -2.21. The fourth-order valence-corrected chi connectivity index (χ4v) is 5.40. The molecule has 3 rings (SSSR count). The molecule has 0 N–H and O–H groups in total. The lowest BCUT2D eigenvalue weighted by atomic mass is 10.2. The van der Waals surface area contributed by atoms with Gasteiger partial charge in [-0.3, -0.25) is 0 Å². The number of rotatable bonds is 6. The third kappa shape index (κ3) is 5.28. The van der Waals surface area contributed by atoms with Gasteiger partial charge in [0.25, 0.3) is 0 Å². The summed E-state index contributed by atoms with van der Waals surface area (Å²) < 4.78 is 42.8. The molecule has 1 fully saturated rings. The van der Waals surface area contributed by atoms with Crippen LogP contribution in [0.25, 0.3) is 0 Å². The maximum atomic E-state index is 13.1. The van der Waals surface area contributed by atoms with Crippen molar-refractivity contribution in [3.63, 3.8) is 0 Å². The highest BCUT2D eigenvalue weighted by molar-refractivity contribution is 7.89. The molecule has 1 aromatic carbocycles. The molecule has 8 nitrogen and oxygen atoms in total. The number of sulfonamides is 1. The van der Waals surface area contributed by atoms with Crippen molar-refractivity contribution in [1.29, 1.82) is 0 Å². The molecule has 2 heterocycles. The number of furan rings is 1. The second-order valence-corrected chi connectivity index (χ2v) is 9.57. The number of hydrogen-bond donors (Lipinski definition) is 0. The van der Waals surface area contributed by atoms with Crippen LogP contribution in [-0.4, -0.2) is 44.9 Å². The molecule has 1 aliphatic rings. The molecule has 31 heavy (non-hydrogen) atoms. The number of carbonyl (C=O) groups excluding carboxylic acids is 2. The number of aryl methyl sites for hydroxylation is 1. The van der Waals surface area contributed by atoms with Crippen LogP contribution in [0.5, 0.6) is 0 Å². The predicted octanol–water partition coefficient (Wildman–Crippen LogP) is 3.95. The molecular weight excluding hydrogens is 446 g/mol. The van der Waals surface area contributed by atoms with Gasteiger partial charge in [-0.15, -0.1) is 0 Å². The zero-order valence-corrected chi connectivity index (χ0v) is 18.9. The Morgan fingerprint density at radius 2 is 1.77 bits per heavy atom. The Kier molecular flexibility index (Phi) is 7.40. The average Bonchev–Trinajstić information content (AvgIpc) is 2.94. The van der Waals surface area contributed by atoms with E-state index in [1.165, 1.54) is 29.6 Å². The van der Waals surface area contributed by atoms with E-state index in [4.69, 9.17) is 20.8 Å². The first kappa shape index (κ1) is 23.3. The van der Waals surface area contributed by atoms with Crippen molar-refractivity contribution < 1.29 is 31.9 Å². The van der Waals surface area contributed by atoms with E-state index in [-0.39, 0.29) is 33.6 Å². The van der Waals surface area contributed by atoms with Gasteiger partial charge in [0, 0.05) is 18.7 Å². The Hall–Kier alpha value is -2.36. The quantitative estimate of drug-likeness (QED) is 0.590.